The topological polar surface area (TPSA) is 70.1 Å². The molecule has 3 atom stereocenters. The summed E-state index contributed by atoms with van der Waals surface area (Å²) in [4.78, 5) is 29.5. The van der Waals surface area contributed by atoms with Crippen LogP contribution in [0.2, 0.25) is 0 Å². The fourth-order valence-corrected chi connectivity index (χ4v) is 7.15. The van der Waals surface area contributed by atoms with Crippen molar-refractivity contribution in [3.8, 4) is 11.1 Å². The quantitative estimate of drug-likeness (QED) is 0.766. The second kappa shape index (κ2) is 7.59. The number of hydrogen-bond acceptors (Lipinski definition) is 4. The van der Waals surface area contributed by atoms with Crippen LogP contribution in [0.5, 0.6) is 0 Å². The normalized spacial score (nSPS) is 30.5. The lowest BCUT2D eigenvalue weighted by molar-refractivity contribution is -0.146. The van der Waals surface area contributed by atoms with Gasteiger partial charge in [0.05, 0.1) is 5.92 Å². The number of amides is 1. The summed E-state index contributed by atoms with van der Waals surface area (Å²) in [5.41, 5.74) is 4.42. The van der Waals surface area contributed by atoms with Gasteiger partial charge in [-0.05, 0) is 55.0 Å². The van der Waals surface area contributed by atoms with Crippen molar-refractivity contribution in [2.24, 2.45) is 11.3 Å². The predicted molar refractivity (Wildman–Crippen MR) is 124 cm³/mol. The molecule has 0 saturated carbocycles. The number of likely N-dealkylation sites (tertiary alicyclic amines) is 1. The second-order valence-electron chi connectivity index (χ2n) is 10.4. The molecule has 172 valence electrons. The van der Waals surface area contributed by atoms with Crippen LogP contribution < -0.4 is 0 Å². The number of piperidine rings is 1. The van der Waals surface area contributed by atoms with Crippen LogP contribution >= 0.6 is 0 Å². The summed E-state index contributed by atoms with van der Waals surface area (Å²) in [6.07, 6.45) is 3.57. The van der Waals surface area contributed by atoms with Crippen molar-refractivity contribution < 1.29 is 19.4 Å². The maximum absolute atomic E-state index is 13.2. The summed E-state index contributed by atoms with van der Waals surface area (Å²) in [6.45, 7) is 0.999. The molecule has 3 heterocycles. The molecule has 4 aliphatic rings. The van der Waals surface area contributed by atoms with E-state index in [2.05, 4.69) is 36.2 Å². The molecule has 6 rings (SSSR count). The van der Waals surface area contributed by atoms with Crippen LogP contribution in [0.4, 0.5) is 4.79 Å². The van der Waals surface area contributed by atoms with Crippen LogP contribution in [-0.4, -0.2) is 65.8 Å². The number of carboxylic acids is 1. The van der Waals surface area contributed by atoms with E-state index < -0.39 is 11.9 Å². The molecule has 2 aromatic carbocycles. The number of hydrogen-bond donors (Lipinski definition) is 1. The van der Waals surface area contributed by atoms with Crippen LogP contribution in [0.25, 0.3) is 11.1 Å². The highest BCUT2D eigenvalue weighted by Crippen LogP contribution is 2.52. The van der Waals surface area contributed by atoms with Gasteiger partial charge in [0, 0.05) is 36.5 Å². The number of carboxylic acid groups (broad SMARTS) is 1. The smallest absolute Gasteiger partial charge is 0.409 e. The number of nitrogens with zero attached hydrogens (tertiary/aromatic N) is 2. The summed E-state index contributed by atoms with van der Waals surface area (Å²) in [7, 11) is 2.16. The van der Waals surface area contributed by atoms with Gasteiger partial charge in [0.15, 0.2) is 0 Å². The van der Waals surface area contributed by atoms with Crippen LogP contribution in [0.3, 0.4) is 0 Å². The number of carbonyl (C=O) groups is 2. The average Bonchev–Trinajstić information content (AvgIpc) is 3.40. The number of rotatable bonds is 3. The van der Waals surface area contributed by atoms with Crippen molar-refractivity contribution in [1.82, 2.24) is 9.80 Å². The van der Waals surface area contributed by atoms with E-state index in [1.54, 1.807) is 4.90 Å². The minimum absolute atomic E-state index is 0.00681. The van der Waals surface area contributed by atoms with Gasteiger partial charge < -0.3 is 19.6 Å². The van der Waals surface area contributed by atoms with Crippen molar-refractivity contribution in [1.29, 1.82) is 0 Å². The maximum atomic E-state index is 13.2. The van der Waals surface area contributed by atoms with Gasteiger partial charge in [0.2, 0.25) is 0 Å². The predicted octanol–water partition coefficient (Wildman–Crippen LogP) is 4.19. The zero-order valence-electron chi connectivity index (χ0n) is 18.9. The third kappa shape index (κ3) is 3.18. The lowest BCUT2D eigenvalue weighted by atomic mass is 9.68. The van der Waals surface area contributed by atoms with E-state index in [4.69, 9.17) is 4.74 Å². The Labute approximate surface area is 194 Å². The Hall–Kier alpha value is -2.86. The van der Waals surface area contributed by atoms with Gasteiger partial charge in [-0.25, -0.2) is 4.79 Å². The highest BCUT2D eigenvalue weighted by Gasteiger charge is 2.58. The lowest BCUT2D eigenvalue weighted by Gasteiger charge is -2.44. The van der Waals surface area contributed by atoms with Gasteiger partial charge in [0.25, 0.3) is 0 Å². The van der Waals surface area contributed by atoms with Crippen molar-refractivity contribution >= 4 is 12.1 Å². The first-order chi connectivity index (χ1) is 16.0. The van der Waals surface area contributed by atoms with E-state index in [1.165, 1.54) is 22.3 Å². The molecule has 6 nitrogen and oxygen atoms in total. The molecule has 6 heteroatoms. The zero-order chi connectivity index (χ0) is 22.7. The summed E-state index contributed by atoms with van der Waals surface area (Å²) in [6, 6.07) is 17.4. The minimum Gasteiger partial charge on any atom is -0.481 e. The van der Waals surface area contributed by atoms with E-state index in [9.17, 15) is 14.7 Å². The Morgan fingerprint density at radius 3 is 2.15 bits per heavy atom. The average molecular weight is 447 g/mol. The van der Waals surface area contributed by atoms with Crippen LogP contribution in [0.1, 0.15) is 42.7 Å². The number of ether oxygens (including phenoxy) is 1. The molecule has 3 unspecified atom stereocenters. The third-order valence-electron chi connectivity index (χ3n) is 8.81. The molecule has 3 saturated heterocycles. The Morgan fingerprint density at radius 2 is 1.58 bits per heavy atom. The standard InChI is InChI=1S/C27H30N2O4/c1-28-17-10-11-18(28)13-27(12-17)16-29(14-24(27)25(30)31)26(32)33-15-23-21-8-4-2-6-19(21)20-7-3-5-9-22(20)23/h2-9,17-18,23-24H,10-16H2,1H3,(H,30,31). The molecule has 1 aliphatic carbocycles. The summed E-state index contributed by atoms with van der Waals surface area (Å²) in [5, 5.41) is 10.0. The Kier molecular flexibility index (Phi) is 4.77. The van der Waals surface area contributed by atoms with E-state index in [1.807, 2.05) is 24.3 Å². The summed E-state index contributed by atoms with van der Waals surface area (Å²) in [5.74, 6) is -1.30. The first-order valence-electron chi connectivity index (χ1n) is 12.0. The molecule has 2 aromatic rings. The molecule has 0 aromatic heterocycles. The zero-order valence-corrected chi connectivity index (χ0v) is 18.9. The SMILES string of the molecule is CN1C2CCC1CC1(C2)CN(C(=O)OCC2c3ccccc3-c3ccccc32)CC1C(=O)O. The lowest BCUT2D eigenvalue weighted by Crippen LogP contribution is -2.50. The van der Waals surface area contributed by atoms with Gasteiger partial charge in [0.1, 0.15) is 6.61 Å². The van der Waals surface area contributed by atoms with Gasteiger partial charge in [-0.3, -0.25) is 4.79 Å². The molecule has 1 N–H and O–H groups in total. The van der Waals surface area contributed by atoms with E-state index in [-0.39, 0.29) is 30.6 Å². The summed E-state index contributed by atoms with van der Waals surface area (Å²) >= 11 is 0. The van der Waals surface area contributed by atoms with Gasteiger partial charge in [-0.1, -0.05) is 48.5 Å². The Morgan fingerprint density at radius 1 is 1.00 bits per heavy atom. The molecule has 3 aliphatic heterocycles. The highest BCUT2D eigenvalue weighted by molar-refractivity contribution is 5.79. The van der Waals surface area contributed by atoms with E-state index in [0.717, 1.165) is 25.7 Å². The Balaban J connectivity index is 1.19. The first-order valence-corrected chi connectivity index (χ1v) is 12.0. The van der Waals surface area contributed by atoms with Gasteiger partial charge >= 0.3 is 12.1 Å². The van der Waals surface area contributed by atoms with Crippen molar-refractivity contribution in [3.63, 3.8) is 0 Å². The van der Waals surface area contributed by atoms with Crippen molar-refractivity contribution in [3.05, 3.63) is 59.7 Å². The highest BCUT2D eigenvalue weighted by atomic mass is 16.6. The molecular formula is C27H30N2O4. The van der Waals surface area contributed by atoms with Crippen LogP contribution in [0, 0.1) is 11.3 Å². The Bertz CT molecular complexity index is 1060. The van der Waals surface area contributed by atoms with Gasteiger partial charge in [-0.2, -0.15) is 0 Å². The first kappa shape index (κ1) is 20.7. The molecule has 3 fully saturated rings. The minimum atomic E-state index is -0.784. The van der Waals surface area contributed by atoms with Crippen LogP contribution in [0.15, 0.2) is 48.5 Å². The molecular weight excluding hydrogens is 416 g/mol. The van der Waals surface area contributed by atoms with Crippen LogP contribution in [-0.2, 0) is 9.53 Å². The largest absolute Gasteiger partial charge is 0.481 e. The molecule has 33 heavy (non-hydrogen) atoms. The molecule has 0 radical (unpaired) electrons. The van der Waals surface area contributed by atoms with E-state index >= 15 is 0 Å². The second-order valence-corrected chi connectivity index (χ2v) is 10.4. The number of benzene rings is 2. The molecule has 2 bridgehead atoms. The fourth-order valence-electron chi connectivity index (χ4n) is 7.15. The monoisotopic (exact) mass is 446 g/mol. The van der Waals surface area contributed by atoms with Crippen molar-refractivity contribution in [2.45, 2.75) is 43.7 Å². The summed E-state index contributed by atoms with van der Waals surface area (Å²) < 4.78 is 5.86. The van der Waals surface area contributed by atoms with E-state index in [0.29, 0.717) is 18.6 Å². The van der Waals surface area contributed by atoms with Gasteiger partial charge in [-0.15, -0.1) is 0 Å². The van der Waals surface area contributed by atoms with Crippen molar-refractivity contribution in [2.75, 3.05) is 26.7 Å². The number of aliphatic carboxylic acids is 1. The number of fused-ring (bicyclic) bond motifs is 5. The third-order valence-corrected chi connectivity index (χ3v) is 8.81. The number of carbonyl (C=O) groups excluding carboxylic acids is 1. The molecule has 1 spiro atoms. The fraction of sp³-hybridized carbons (Fsp3) is 0.481. The maximum Gasteiger partial charge on any atom is 0.409 e. The molecule has 1 amide bonds.